The number of likely N-dealkylation sites (tertiary alicyclic amines) is 1. The second-order valence-corrected chi connectivity index (χ2v) is 7.21. The quantitative estimate of drug-likeness (QED) is 0.567. The maximum atomic E-state index is 11.4. The van der Waals surface area contributed by atoms with Gasteiger partial charge in [-0.25, -0.2) is 0 Å². The Balaban J connectivity index is 1.77. The minimum atomic E-state index is -0.0798. The fraction of sp³-hybridized carbons (Fsp3) is 0.938. The molecule has 0 aromatic heterocycles. The van der Waals surface area contributed by atoms with Crippen molar-refractivity contribution in [2.75, 3.05) is 20.1 Å². The van der Waals surface area contributed by atoms with Crippen molar-refractivity contribution in [2.24, 2.45) is 11.8 Å². The highest BCUT2D eigenvalue weighted by Crippen LogP contribution is 2.47. The van der Waals surface area contributed by atoms with Crippen LogP contribution in [0.5, 0.6) is 0 Å². The molecule has 2 aliphatic carbocycles. The Morgan fingerprint density at radius 2 is 1.74 bits per heavy atom. The summed E-state index contributed by atoms with van der Waals surface area (Å²) in [5.74, 6) is 1.20. The first-order chi connectivity index (χ1) is 9.10. The third-order valence-corrected chi connectivity index (χ3v) is 6.03. The lowest BCUT2D eigenvalue weighted by Crippen LogP contribution is -2.60. The van der Waals surface area contributed by atoms with Gasteiger partial charge in [0, 0.05) is 19.3 Å². The molecular formula is C16H28NO2+. The summed E-state index contributed by atoms with van der Waals surface area (Å²) in [5.41, 5.74) is 0. The number of piperidine rings is 1. The average molecular weight is 266 g/mol. The third-order valence-electron chi connectivity index (χ3n) is 6.03. The Hall–Kier alpha value is -0.570. The van der Waals surface area contributed by atoms with Gasteiger partial charge in [0.05, 0.1) is 26.2 Å². The molecule has 4 atom stereocenters. The molecule has 1 heterocycles. The number of ether oxygens (including phenoxy) is 1. The lowest BCUT2D eigenvalue weighted by molar-refractivity contribution is -0.942. The van der Waals surface area contributed by atoms with Crippen molar-refractivity contribution >= 4 is 5.97 Å². The summed E-state index contributed by atoms with van der Waals surface area (Å²) in [6.07, 6.45) is 9.56. The lowest BCUT2D eigenvalue weighted by atomic mass is 9.79. The van der Waals surface area contributed by atoms with Crippen molar-refractivity contribution in [1.29, 1.82) is 0 Å². The fourth-order valence-electron chi connectivity index (χ4n) is 5.12. The summed E-state index contributed by atoms with van der Waals surface area (Å²) in [6.45, 7) is 4.23. The summed E-state index contributed by atoms with van der Waals surface area (Å²) in [4.78, 5) is 11.4. The first-order valence-electron chi connectivity index (χ1n) is 8.11. The van der Waals surface area contributed by atoms with Crippen LogP contribution in [0.1, 0.15) is 51.9 Å². The van der Waals surface area contributed by atoms with E-state index in [0.29, 0.717) is 11.8 Å². The Morgan fingerprint density at radius 1 is 1.05 bits per heavy atom. The van der Waals surface area contributed by atoms with Crippen LogP contribution in [0, 0.1) is 11.8 Å². The molecule has 2 bridgehead atoms. The van der Waals surface area contributed by atoms with Crippen molar-refractivity contribution in [3.05, 3.63) is 0 Å². The number of hydrogen-bond acceptors (Lipinski definition) is 2. The molecule has 0 aromatic rings. The predicted molar refractivity (Wildman–Crippen MR) is 74.6 cm³/mol. The van der Waals surface area contributed by atoms with Gasteiger partial charge in [-0.15, -0.1) is 0 Å². The van der Waals surface area contributed by atoms with Crippen LogP contribution in [0.2, 0.25) is 0 Å². The van der Waals surface area contributed by atoms with Crippen molar-refractivity contribution in [1.82, 2.24) is 0 Å². The first-order valence-corrected chi connectivity index (χ1v) is 8.11. The molecule has 0 amide bonds. The van der Waals surface area contributed by atoms with E-state index in [4.69, 9.17) is 4.74 Å². The van der Waals surface area contributed by atoms with E-state index in [-0.39, 0.29) is 12.1 Å². The molecule has 0 unspecified atom stereocenters. The smallest absolute Gasteiger partial charge is 0.302 e. The van der Waals surface area contributed by atoms with Gasteiger partial charge in [0.25, 0.3) is 0 Å². The molecule has 3 nitrogen and oxygen atoms in total. The van der Waals surface area contributed by atoms with Gasteiger partial charge in [-0.2, -0.15) is 0 Å². The zero-order chi connectivity index (χ0) is 13.5. The third kappa shape index (κ3) is 2.42. The Morgan fingerprint density at radius 3 is 2.42 bits per heavy atom. The van der Waals surface area contributed by atoms with Crippen molar-refractivity contribution in [3.8, 4) is 0 Å². The zero-order valence-corrected chi connectivity index (χ0v) is 12.4. The molecule has 3 rings (SSSR count). The van der Waals surface area contributed by atoms with E-state index in [1.54, 1.807) is 6.92 Å². The lowest BCUT2D eigenvalue weighted by Gasteiger charge is -2.49. The van der Waals surface area contributed by atoms with Gasteiger partial charge < -0.3 is 9.22 Å². The van der Waals surface area contributed by atoms with E-state index in [1.165, 1.54) is 62.5 Å². The maximum absolute atomic E-state index is 11.4. The van der Waals surface area contributed by atoms with Crippen molar-refractivity contribution < 1.29 is 14.0 Å². The number of hydrogen-bond donors (Lipinski definition) is 0. The van der Waals surface area contributed by atoms with Gasteiger partial charge in [-0.1, -0.05) is 0 Å². The van der Waals surface area contributed by atoms with Crippen molar-refractivity contribution in [2.45, 2.75) is 64.0 Å². The van der Waals surface area contributed by atoms with E-state index in [1.807, 2.05) is 0 Å². The van der Waals surface area contributed by atoms with Gasteiger partial charge in [0.15, 0.2) is 0 Å². The number of nitrogens with zero attached hydrogens (tertiary/aromatic N) is 1. The maximum Gasteiger partial charge on any atom is 0.302 e. The summed E-state index contributed by atoms with van der Waals surface area (Å²) in [6, 6.07) is 0.739. The van der Waals surface area contributed by atoms with Crippen LogP contribution in [0.25, 0.3) is 0 Å². The summed E-state index contributed by atoms with van der Waals surface area (Å²) in [7, 11) is 2.45. The van der Waals surface area contributed by atoms with Crippen LogP contribution in [0.3, 0.4) is 0 Å². The molecule has 1 saturated heterocycles. The molecule has 0 radical (unpaired) electrons. The molecule has 3 heteroatoms. The molecule has 0 aromatic carbocycles. The van der Waals surface area contributed by atoms with Crippen LogP contribution < -0.4 is 0 Å². The molecule has 19 heavy (non-hydrogen) atoms. The van der Waals surface area contributed by atoms with Crippen LogP contribution >= 0.6 is 0 Å². The molecule has 2 saturated carbocycles. The fourth-order valence-corrected chi connectivity index (χ4v) is 5.12. The topological polar surface area (TPSA) is 26.3 Å². The highest BCUT2D eigenvalue weighted by molar-refractivity contribution is 5.66. The highest BCUT2D eigenvalue weighted by Gasteiger charge is 2.52. The van der Waals surface area contributed by atoms with Crippen molar-refractivity contribution in [3.63, 3.8) is 0 Å². The summed E-state index contributed by atoms with van der Waals surface area (Å²) in [5, 5.41) is 0. The van der Waals surface area contributed by atoms with Crippen LogP contribution in [-0.4, -0.2) is 42.7 Å². The second kappa shape index (κ2) is 5.08. The number of carbonyl (C=O) groups excluding carboxylic acids is 1. The SMILES string of the molecule is CC(=O)O[C@@H]1[C@H]2CC[C@@H]1[C@@H]([N+]1(C)CCCCC1)CC2. The number of quaternary nitrogens is 1. The number of carbonyl (C=O) groups is 1. The minimum Gasteiger partial charge on any atom is -0.462 e. The number of rotatable bonds is 2. The van der Waals surface area contributed by atoms with Gasteiger partial charge in [-0.05, 0) is 44.4 Å². The molecule has 0 spiro atoms. The van der Waals surface area contributed by atoms with Crippen LogP contribution in [-0.2, 0) is 9.53 Å². The van der Waals surface area contributed by atoms with E-state index in [9.17, 15) is 4.79 Å². The van der Waals surface area contributed by atoms with Gasteiger partial charge in [0.2, 0.25) is 0 Å². The molecule has 1 aliphatic heterocycles. The predicted octanol–water partition coefficient (Wildman–Crippen LogP) is 2.74. The largest absolute Gasteiger partial charge is 0.462 e. The Bertz CT molecular complexity index is 349. The van der Waals surface area contributed by atoms with Gasteiger partial charge >= 0.3 is 5.97 Å². The van der Waals surface area contributed by atoms with Crippen LogP contribution in [0.15, 0.2) is 0 Å². The zero-order valence-electron chi connectivity index (χ0n) is 12.4. The Kier molecular flexibility index (Phi) is 3.59. The van der Waals surface area contributed by atoms with Gasteiger partial charge in [0.1, 0.15) is 6.10 Å². The average Bonchev–Trinajstić information content (AvgIpc) is 2.62. The molecule has 3 aliphatic rings. The van der Waals surface area contributed by atoms with Crippen LogP contribution in [0.4, 0.5) is 0 Å². The second-order valence-electron chi connectivity index (χ2n) is 7.21. The molecule has 3 fully saturated rings. The number of esters is 1. The molecule has 0 N–H and O–H groups in total. The summed E-state index contributed by atoms with van der Waals surface area (Å²) < 4.78 is 6.94. The number of fused-ring (bicyclic) bond motifs is 2. The standard InChI is InChI=1S/C16H28NO2/c1-12(18)19-16-13-6-8-14(16)15(9-7-13)17(2)10-4-3-5-11-17/h13-16H,3-11H2,1-2H3/q+1/t13-,14+,15-,16+/m0/s1. The van der Waals surface area contributed by atoms with E-state index < -0.39 is 0 Å². The summed E-state index contributed by atoms with van der Waals surface area (Å²) >= 11 is 0. The van der Waals surface area contributed by atoms with E-state index in [2.05, 4.69) is 7.05 Å². The Labute approximate surface area is 116 Å². The monoisotopic (exact) mass is 266 g/mol. The minimum absolute atomic E-state index is 0.0798. The first kappa shape index (κ1) is 13.4. The molecule has 108 valence electrons. The van der Waals surface area contributed by atoms with Gasteiger partial charge in [-0.3, -0.25) is 4.79 Å². The van der Waals surface area contributed by atoms with E-state index >= 15 is 0 Å². The van der Waals surface area contributed by atoms with E-state index in [0.717, 1.165) is 6.04 Å². The highest BCUT2D eigenvalue weighted by atomic mass is 16.5. The normalized spacial score (nSPS) is 40.9. The molecular weight excluding hydrogens is 238 g/mol.